The Kier molecular flexibility index (Phi) is 6.03. The Morgan fingerprint density at radius 2 is 1.89 bits per heavy atom. The summed E-state index contributed by atoms with van der Waals surface area (Å²) in [4.78, 5) is 3.93. The number of hydrogen-bond donors (Lipinski definition) is 1. The van der Waals surface area contributed by atoms with E-state index in [0.29, 0.717) is 18.8 Å². The van der Waals surface area contributed by atoms with Crippen molar-refractivity contribution in [2.75, 3.05) is 17.8 Å². The molecule has 0 amide bonds. The molecule has 0 aliphatic heterocycles. The van der Waals surface area contributed by atoms with E-state index in [2.05, 4.69) is 9.71 Å². The van der Waals surface area contributed by atoms with E-state index in [-0.39, 0.29) is 5.15 Å². The van der Waals surface area contributed by atoms with Crippen molar-refractivity contribution in [2.45, 2.75) is 33.6 Å². The molecule has 0 spiro atoms. The summed E-state index contributed by atoms with van der Waals surface area (Å²) in [6.07, 6.45) is 3.12. The molecule has 1 N–H and O–H groups in total. The van der Waals surface area contributed by atoms with E-state index < -0.39 is 10.2 Å². The highest BCUT2D eigenvalue weighted by Crippen LogP contribution is 2.22. The molecule has 0 fully saturated rings. The summed E-state index contributed by atoms with van der Waals surface area (Å²) in [5.74, 6) is 0. The van der Waals surface area contributed by atoms with Gasteiger partial charge in [-0.15, -0.1) is 0 Å². The van der Waals surface area contributed by atoms with Crippen molar-refractivity contribution >= 4 is 27.5 Å². The SMILES string of the molecule is CCCN(CCC)S(=O)(=O)Nc1cc(C)cnc1Cl. The molecule has 7 heteroatoms. The predicted molar refractivity (Wildman–Crippen MR) is 78.7 cm³/mol. The molecule has 108 valence electrons. The van der Waals surface area contributed by atoms with Gasteiger partial charge in [-0.25, -0.2) is 4.98 Å². The van der Waals surface area contributed by atoms with Crippen LogP contribution in [0.4, 0.5) is 5.69 Å². The van der Waals surface area contributed by atoms with E-state index in [1.165, 1.54) is 4.31 Å². The van der Waals surface area contributed by atoms with Gasteiger partial charge in [0.1, 0.15) is 0 Å². The highest BCUT2D eigenvalue weighted by molar-refractivity contribution is 7.90. The lowest BCUT2D eigenvalue weighted by molar-refractivity contribution is 0.413. The van der Waals surface area contributed by atoms with E-state index in [1.54, 1.807) is 12.3 Å². The number of rotatable bonds is 7. The summed E-state index contributed by atoms with van der Waals surface area (Å²) >= 11 is 5.90. The Bertz CT molecular complexity index is 514. The molecule has 1 aromatic rings. The summed E-state index contributed by atoms with van der Waals surface area (Å²) in [5, 5.41) is 0.155. The molecule has 1 heterocycles. The van der Waals surface area contributed by atoms with Crippen molar-refractivity contribution < 1.29 is 8.42 Å². The van der Waals surface area contributed by atoms with Gasteiger partial charge in [-0.3, -0.25) is 4.72 Å². The number of pyridine rings is 1. The van der Waals surface area contributed by atoms with Crippen LogP contribution < -0.4 is 4.72 Å². The van der Waals surface area contributed by atoms with E-state index in [1.807, 2.05) is 20.8 Å². The molecule has 0 saturated heterocycles. The third-order valence-corrected chi connectivity index (χ3v) is 4.32. The second-order valence-corrected chi connectivity index (χ2v) is 6.39. The lowest BCUT2D eigenvalue weighted by Crippen LogP contribution is -2.37. The normalized spacial score (nSPS) is 11.8. The average Bonchev–Trinajstić information content (AvgIpc) is 2.33. The Balaban J connectivity index is 2.96. The fourth-order valence-corrected chi connectivity index (χ4v) is 3.29. The van der Waals surface area contributed by atoms with Gasteiger partial charge in [0.15, 0.2) is 5.15 Å². The van der Waals surface area contributed by atoms with Crippen LogP contribution in [0.1, 0.15) is 32.3 Å². The number of aromatic nitrogens is 1. The topological polar surface area (TPSA) is 62.3 Å². The lowest BCUT2D eigenvalue weighted by atomic mass is 10.3. The third kappa shape index (κ3) is 4.63. The first kappa shape index (κ1) is 16.2. The van der Waals surface area contributed by atoms with Crippen LogP contribution in [-0.4, -0.2) is 30.8 Å². The minimum Gasteiger partial charge on any atom is -0.268 e. The van der Waals surface area contributed by atoms with Crippen LogP contribution in [0.5, 0.6) is 0 Å². The number of halogens is 1. The van der Waals surface area contributed by atoms with Gasteiger partial charge in [-0.1, -0.05) is 25.4 Å². The van der Waals surface area contributed by atoms with Crippen LogP contribution in [0.25, 0.3) is 0 Å². The van der Waals surface area contributed by atoms with Gasteiger partial charge in [0.2, 0.25) is 0 Å². The first-order valence-electron chi connectivity index (χ1n) is 6.30. The molecule has 1 rings (SSSR count). The number of aryl methyl sites for hydroxylation is 1. The van der Waals surface area contributed by atoms with Crippen molar-refractivity contribution in [3.63, 3.8) is 0 Å². The summed E-state index contributed by atoms with van der Waals surface area (Å²) in [6, 6.07) is 1.67. The summed E-state index contributed by atoms with van der Waals surface area (Å²) in [7, 11) is -3.58. The van der Waals surface area contributed by atoms with E-state index in [9.17, 15) is 8.42 Å². The first-order chi connectivity index (χ1) is 8.90. The maximum absolute atomic E-state index is 12.3. The van der Waals surface area contributed by atoms with Gasteiger partial charge in [0.05, 0.1) is 5.69 Å². The second kappa shape index (κ2) is 7.07. The van der Waals surface area contributed by atoms with Gasteiger partial charge >= 0.3 is 10.2 Å². The monoisotopic (exact) mass is 305 g/mol. The van der Waals surface area contributed by atoms with Gasteiger partial charge in [-0.05, 0) is 31.4 Å². The quantitative estimate of drug-likeness (QED) is 0.788. The number of nitrogens with zero attached hydrogens (tertiary/aromatic N) is 2. The number of nitrogens with one attached hydrogen (secondary N) is 1. The van der Waals surface area contributed by atoms with Crippen LogP contribution in [0, 0.1) is 6.92 Å². The van der Waals surface area contributed by atoms with E-state index in [4.69, 9.17) is 11.6 Å². The molecule has 0 aliphatic carbocycles. The Morgan fingerprint density at radius 3 is 2.42 bits per heavy atom. The molecule has 1 aromatic heterocycles. The Labute approximate surface area is 120 Å². The molecule has 19 heavy (non-hydrogen) atoms. The molecular weight excluding hydrogens is 286 g/mol. The molecule has 0 saturated carbocycles. The van der Waals surface area contributed by atoms with Crippen LogP contribution in [0.15, 0.2) is 12.3 Å². The van der Waals surface area contributed by atoms with Crippen molar-refractivity contribution in [3.8, 4) is 0 Å². The zero-order valence-corrected chi connectivity index (χ0v) is 13.1. The number of anilines is 1. The van der Waals surface area contributed by atoms with Gasteiger partial charge in [0.25, 0.3) is 0 Å². The largest absolute Gasteiger partial charge is 0.301 e. The van der Waals surface area contributed by atoms with Crippen molar-refractivity contribution in [1.82, 2.24) is 9.29 Å². The van der Waals surface area contributed by atoms with Crippen LogP contribution in [-0.2, 0) is 10.2 Å². The molecule has 0 aromatic carbocycles. The lowest BCUT2D eigenvalue weighted by Gasteiger charge is -2.22. The maximum Gasteiger partial charge on any atom is 0.301 e. The van der Waals surface area contributed by atoms with Gasteiger partial charge in [0, 0.05) is 19.3 Å². The van der Waals surface area contributed by atoms with Crippen LogP contribution in [0.3, 0.4) is 0 Å². The van der Waals surface area contributed by atoms with Crippen LogP contribution in [0.2, 0.25) is 5.15 Å². The minimum atomic E-state index is -3.58. The highest BCUT2D eigenvalue weighted by atomic mass is 35.5. The molecule has 5 nitrogen and oxygen atoms in total. The maximum atomic E-state index is 12.3. The predicted octanol–water partition coefficient (Wildman–Crippen LogP) is 2.82. The number of hydrogen-bond acceptors (Lipinski definition) is 3. The van der Waals surface area contributed by atoms with Crippen LogP contribution >= 0.6 is 11.6 Å². The van der Waals surface area contributed by atoms with Gasteiger partial charge < -0.3 is 0 Å². The summed E-state index contributed by atoms with van der Waals surface area (Å²) in [5.41, 5.74) is 1.17. The smallest absolute Gasteiger partial charge is 0.268 e. The highest BCUT2D eigenvalue weighted by Gasteiger charge is 2.21. The molecule has 0 aliphatic rings. The minimum absolute atomic E-state index is 0.155. The molecular formula is C12H20ClN3O2S. The third-order valence-electron chi connectivity index (χ3n) is 2.50. The fraction of sp³-hybridized carbons (Fsp3) is 0.583. The zero-order valence-electron chi connectivity index (χ0n) is 11.5. The second-order valence-electron chi connectivity index (χ2n) is 4.36. The Hall–Kier alpha value is -0.850. The van der Waals surface area contributed by atoms with Crippen molar-refractivity contribution in [3.05, 3.63) is 23.0 Å². The standard InChI is InChI=1S/C12H20ClN3O2S/c1-4-6-16(7-5-2)19(17,18)15-11-8-10(3)9-14-12(11)13/h8-9,15H,4-7H2,1-3H3. The molecule has 0 unspecified atom stereocenters. The van der Waals surface area contributed by atoms with Gasteiger partial charge in [-0.2, -0.15) is 12.7 Å². The fourth-order valence-electron chi connectivity index (χ4n) is 1.68. The Morgan fingerprint density at radius 1 is 1.32 bits per heavy atom. The molecule has 0 radical (unpaired) electrons. The zero-order chi connectivity index (χ0) is 14.5. The summed E-state index contributed by atoms with van der Waals surface area (Å²) in [6.45, 7) is 6.69. The van der Waals surface area contributed by atoms with Crippen molar-refractivity contribution in [1.29, 1.82) is 0 Å². The van der Waals surface area contributed by atoms with E-state index in [0.717, 1.165) is 18.4 Å². The molecule has 0 atom stereocenters. The first-order valence-corrected chi connectivity index (χ1v) is 8.12. The van der Waals surface area contributed by atoms with Crippen molar-refractivity contribution in [2.24, 2.45) is 0 Å². The molecule has 0 bridgehead atoms. The summed E-state index contributed by atoms with van der Waals surface area (Å²) < 4.78 is 28.5. The van der Waals surface area contributed by atoms with E-state index >= 15 is 0 Å². The average molecular weight is 306 g/mol.